The maximum atomic E-state index is 9.08. The molecule has 3 nitrogen and oxygen atoms in total. The molecule has 0 aromatic carbocycles. The molecule has 2 rings (SSSR count). The minimum absolute atomic E-state index is 0.429. The Hall–Kier alpha value is -1.25. The second kappa shape index (κ2) is 1.87. The van der Waals surface area contributed by atoms with Crippen molar-refractivity contribution in [2.24, 2.45) is 0 Å². The van der Waals surface area contributed by atoms with E-state index in [1.807, 2.05) is 10.8 Å². The lowest BCUT2D eigenvalue weighted by Crippen LogP contribution is -2.05. The van der Waals surface area contributed by atoms with E-state index in [-0.39, 0.29) is 0 Å². The first-order valence-electron chi connectivity index (χ1n) is 3.27. The molecule has 0 saturated carbocycles. The zero-order valence-corrected chi connectivity index (χ0v) is 5.49. The minimum atomic E-state index is 0.429. The Morgan fingerprint density at radius 3 is 3.40 bits per heavy atom. The fourth-order valence-corrected chi connectivity index (χ4v) is 1.11. The summed E-state index contributed by atoms with van der Waals surface area (Å²) in [5, 5.41) is 9.08. The van der Waals surface area contributed by atoms with Crippen molar-refractivity contribution in [3.63, 3.8) is 0 Å². The van der Waals surface area contributed by atoms with Gasteiger partial charge in [0.1, 0.15) is 5.82 Å². The van der Waals surface area contributed by atoms with Gasteiger partial charge in [-0.1, -0.05) is 0 Å². The number of rotatable bonds is 0. The molecule has 0 aliphatic carbocycles. The van der Waals surface area contributed by atoms with Crippen LogP contribution >= 0.6 is 0 Å². The van der Waals surface area contributed by atoms with Crippen LogP contribution in [0.15, 0.2) is 18.2 Å². The highest BCUT2D eigenvalue weighted by molar-refractivity contribution is 5.44. The Kier molecular flexibility index (Phi) is 1.03. The standard InChI is InChI=1S/C7H8N2O/c10-6-1-3-9-4-2-8-7(9)5-6/h2,4-5,10H,1,3H2. The van der Waals surface area contributed by atoms with Crippen molar-refractivity contribution in [3.8, 4) is 0 Å². The molecule has 0 fully saturated rings. The molecule has 0 unspecified atom stereocenters. The number of hydrogen-bond donors (Lipinski definition) is 1. The maximum absolute atomic E-state index is 9.08. The van der Waals surface area contributed by atoms with Crippen molar-refractivity contribution in [1.29, 1.82) is 0 Å². The first kappa shape index (κ1) is 5.53. The van der Waals surface area contributed by atoms with Gasteiger partial charge >= 0.3 is 0 Å². The van der Waals surface area contributed by atoms with Gasteiger partial charge in [-0.2, -0.15) is 0 Å². The molecule has 1 aliphatic heterocycles. The van der Waals surface area contributed by atoms with Crippen molar-refractivity contribution in [3.05, 3.63) is 24.0 Å². The summed E-state index contributed by atoms with van der Waals surface area (Å²) in [7, 11) is 0. The van der Waals surface area contributed by atoms with E-state index in [4.69, 9.17) is 5.11 Å². The van der Waals surface area contributed by atoms with Crippen LogP contribution in [0.2, 0.25) is 0 Å². The zero-order valence-electron chi connectivity index (χ0n) is 5.49. The Morgan fingerprint density at radius 1 is 1.60 bits per heavy atom. The number of nitrogens with zero attached hydrogens (tertiary/aromatic N) is 2. The Labute approximate surface area is 58.6 Å². The third-order valence-electron chi connectivity index (χ3n) is 1.65. The number of imidazole rings is 1. The molecule has 1 aliphatic rings. The number of fused-ring (bicyclic) bond motifs is 1. The van der Waals surface area contributed by atoms with Crippen molar-refractivity contribution in [2.45, 2.75) is 13.0 Å². The molecular weight excluding hydrogens is 128 g/mol. The zero-order chi connectivity index (χ0) is 6.97. The number of hydrogen-bond acceptors (Lipinski definition) is 2. The van der Waals surface area contributed by atoms with Gasteiger partial charge in [0.25, 0.3) is 0 Å². The summed E-state index contributed by atoms with van der Waals surface area (Å²) in [6, 6.07) is 0. The van der Waals surface area contributed by atoms with E-state index < -0.39 is 0 Å². The molecule has 52 valence electrons. The molecule has 0 radical (unpaired) electrons. The van der Waals surface area contributed by atoms with Gasteiger partial charge in [-0.3, -0.25) is 0 Å². The van der Waals surface area contributed by atoms with Crippen molar-refractivity contribution >= 4 is 6.08 Å². The van der Waals surface area contributed by atoms with Crippen LogP contribution in [-0.4, -0.2) is 14.7 Å². The normalized spacial score (nSPS) is 16.2. The first-order valence-corrected chi connectivity index (χ1v) is 3.27. The van der Waals surface area contributed by atoms with Gasteiger partial charge in [-0.15, -0.1) is 0 Å². The van der Waals surface area contributed by atoms with E-state index in [9.17, 15) is 0 Å². The van der Waals surface area contributed by atoms with Crippen LogP contribution in [-0.2, 0) is 6.54 Å². The SMILES string of the molecule is OC1=Cc2nccn2CC1. The van der Waals surface area contributed by atoms with Crippen molar-refractivity contribution < 1.29 is 5.11 Å². The summed E-state index contributed by atoms with van der Waals surface area (Å²) in [4.78, 5) is 4.03. The van der Waals surface area contributed by atoms with Crippen LogP contribution in [0.1, 0.15) is 12.2 Å². The molecule has 1 N–H and O–H groups in total. The summed E-state index contributed by atoms with van der Waals surface area (Å²) in [5.41, 5.74) is 0. The summed E-state index contributed by atoms with van der Waals surface area (Å²) >= 11 is 0. The number of aryl methyl sites for hydroxylation is 1. The number of aromatic nitrogens is 2. The maximum Gasteiger partial charge on any atom is 0.135 e. The number of allylic oxidation sites excluding steroid dienone is 1. The van der Waals surface area contributed by atoms with E-state index in [1.54, 1.807) is 12.3 Å². The van der Waals surface area contributed by atoms with Crippen LogP contribution in [0.4, 0.5) is 0 Å². The third-order valence-corrected chi connectivity index (χ3v) is 1.65. The molecule has 0 atom stereocenters. The van der Waals surface area contributed by atoms with Crippen LogP contribution in [0, 0.1) is 0 Å². The quantitative estimate of drug-likeness (QED) is 0.581. The van der Waals surface area contributed by atoms with Gasteiger partial charge in [0.15, 0.2) is 0 Å². The predicted molar refractivity (Wildman–Crippen MR) is 37.4 cm³/mol. The molecule has 0 bridgehead atoms. The Morgan fingerprint density at radius 2 is 2.50 bits per heavy atom. The smallest absolute Gasteiger partial charge is 0.135 e. The summed E-state index contributed by atoms with van der Waals surface area (Å²) < 4.78 is 2.01. The topological polar surface area (TPSA) is 38.1 Å². The van der Waals surface area contributed by atoms with Gasteiger partial charge in [0, 0.05) is 31.4 Å². The van der Waals surface area contributed by atoms with Gasteiger partial charge < -0.3 is 9.67 Å². The monoisotopic (exact) mass is 136 g/mol. The van der Waals surface area contributed by atoms with Crippen LogP contribution in [0.5, 0.6) is 0 Å². The summed E-state index contributed by atoms with van der Waals surface area (Å²) in [6.45, 7) is 0.845. The molecule has 1 aromatic heterocycles. The fourth-order valence-electron chi connectivity index (χ4n) is 1.11. The third kappa shape index (κ3) is 0.708. The number of aliphatic hydroxyl groups excluding tert-OH is 1. The molecule has 0 saturated heterocycles. The van der Waals surface area contributed by atoms with Gasteiger partial charge in [-0.25, -0.2) is 4.98 Å². The lowest BCUT2D eigenvalue weighted by molar-refractivity contribution is 0.376. The minimum Gasteiger partial charge on any atom is -0.512 e. The van der Waals surface area contributed by atoms with Crippen molar-refractivity contribution in [1.82, 2.24) is 9.55 Å². The van der Waals surface area contributed by atoms with Gasteiger partial charge in [0.05, 0.1) is 5.76 Å². The van der Waals surface area contributed by atoms with Crippen molar-refractivity contribution in [2.75, 3.05) is 0 Å². The summed E-state index contributed by atoms with van der Waals surface area (Å²) in [6.07, 6.45) is 6.08. The van der Waals surface area contributed by atoms with E-state index >= 15 is 0 Å². The largest absolute Gasteiger partial charge is 0.512 e. The lowest BCUT2D eigenvalue weighted by atomic mass is 10.2. The van der Waals surface area contributed by atoms with E-state index in [1.165, 1.54) is 0 Å². The molecule has 0 amide bonds. The summed E-state index contributed by atoms with van der Waals surface area (Å²) in [5.74, 6) is 1.28. The molecule has 3 heteroatoms. The van der Waals surface area contributed by atoms with Crippen LogP contribution < -0.4 is 0 Å². The van der Waals surface area contributed by atoms with Gasteiger partial charge in [0.2, 0.25) is 0 Å². The highest BCUT2D eigenvalue weighted by Crippen LogP contribution is 2.13. The van der Waals surface area contributed by atoms with Gasteiger partial charge in [-0.05, 0) is 0 Å². The second-order valence-electron chi connectivity index (χ2n) is 2.36. The molecule has 1 aromatic rings. The fraction of sp³-hybridized carbons (Fsp3) is 0.286. The molecule has 0 spiro atoms. The molecule has 2 heterocycles. The molecule has 10 heavy (non-hydrogen) atoms. The van der Waals surface area contributed by atoms with Crippen LogP contribution in [0.25, 0.3) is 6.08 Å². The Bertz CT molecular complexity index is 275. The Balaban J connectivity index is 2.50. The average molecular weight is 136 g/mol. The van der Waals surface area contributed by atoms with Crippen LogP contribution in [0.3, 0.4) is 0 Å². The average Bonchev–Trinajstić information content (AvgIpc) is 2.33. The number of aliphatic hydroxyl groups is 1. The van der Waals surface area contributed by atoms with E-state index in [2.05, 4.69) is 4.98 Å². The van der Waals surface area contributed by atoms with E-state index in [0.717, 1.165) is 18.8 Å². The molecular formula is C7H8N2O. The van der Waals surface area contributed by atoms with E-state index in [0.29, 0.717) is 5.76 Å². The predicted octanol–water partition coefficient (Wildman–Crippen LogP) is 1.19. The lowest BCUT2D eigenvalue weighted by Gasteiger charge is -2.09. The highest BCUT2D eigenvalue weighted by Gasteiger charge is 2.07. The second-order valence-corrected chi connectivity index (χ2v) is 2.36. The highest BCUT2D eigenvalue weighted by atomic mass is 16.3. The first-order chi connectivity index (χ1) is 4.86.